The first kappa shape index (κ1) is 14.0. The highest BCUT2D eigenvalue weighted by molar-refractivity contribution is 9.09. The fourth-order valence-corrected chi connectivity index (χ4v) is 1.84. The Balaban J connectivity index is 2.45. The summed E-state index contributed by atoms with van der Waals surface area (Å²) in [5.74, 6) is -0.301. The van der Waals surface area contributed by atoms with Gasteiger partial charge in [-0.05, 0) is 19.8 Å². The van der Waals surface area contributed by atoms with Crippen LogP contribution in [0.5, 0.6) is 0 Å². The lowest BCUT2D eigenvalue weighted by molar-refractivity contribution is 0.0951. The molecule has 0 saturated heterocycles. The number of aromatic amines is 1. The lowest BCUT2D eigenvalue weighted by Gasteiger charge is -2.04. The van der Waals surface area contributed by atoms with Crippen LogP contribution in [0.15, 0.2) is 17.1 Å². The monoisotopic (exact) mass is 300 g/mol. The Bertz CT molecular complexity index is 429. The predicted octanol–water partition coefficient (Wildman–Crippen LogP) is 1.98. The van der Waals surface area contributed by atoms with Crippen LogP contribution in [0.1, 0.15) is 35.3 Å². The second-order valence-corrected chi connectivity index (χ2v) is 4.69. The molecule has 0 spiro atoms. The minimum Gasteiger partial charge on any atom is -0.364 e. The molecule has 0 bridgehead atoms. The normalized spacial score (nSPS) is 10.2. The van der Waals surface area contributed by atoms with Gasteiger partial charge < -0.3 is 10.3 Å². The summed E-state index contributed by atoms with van der Waals surface area (Å²) in [6.07, 6.45) is 4.56. The second-order valence-electron chi connectivity index (χ2n) is 3.90. The largest absolute Gasteiger partial charge is 0.364 e. The van der Waals surface area contributed by atoms with Gasteiger partial charge in [0.25, 0.3) is 5.91 Å². The van der Waals surface area contributed by atoms with E-state index < -0.39 is 0 Å². The smallest absolute Gasteiger partial charge is 0.256 e. The Morgan fingerprint density at radius 1 is 1.41 bits per heavy atom. The van der Waals surface area contributed by atoms with Crippen LogP contribution in [0.2, 0.25) is 0 Å². The maximum Gasteiger partial charge on any atom is 0.256 e. The topological polar surface area (TPSA) is 62.0 Å². The zero-order valence-corrected chi connectivity index (χ0v) is 11.5. The highest BCUT2D eigenvalue weighted by Crippen LogP contribution is 1.98. The minimum absolute atomic E-state index is 0.177. The molecule has 0 aliphatic rings. The molecule has 1 heterocycles. The van der Waals surface area contributed by atoms with E-state index in [1.807, 2.05) is 0 Å². The molecule has 1 aromatic rings. The van der Waals surface area contributed by atoms with E-state index in [0.717, 1.165) is 30.3 Å². The molecule has 0 fully saturated rings. The van der Waals surface area contributed by atoms with E-state index in [1.165, 1.54) is 12.3 Å². The van der Waals surface area contributed by atoms with E-state index in [0.29, 0.717) is 6.54 Å². The van der Waals surface area contributed by atoms with Crippen molar-refractivity contribution in [2.75, 3.05) is 11.9 Å². The number of unbranched alkanes of at least 4 members (excludes halogenated alkanes) is 2. The van der Waals surface area contributed by atoms with Gasteiger partial charge in [-0.2, -0.15) is 0 Å². The van der Waals surface area contributed by atoms with Crippen LogP contribution >= 0.6 is 15.9 Å². The fraction of sp³-hybridized carbons (Fsp3) is 0.500. The fourth-order valence-electron chi connectivity index (χ4n) is 1.44. The van der Waals surface area contributed by atoms with Gasteiger partial charge in [0.2, 0.25) is 0 Å². The molecule has 0 aromatic carbocycles. The number of carbonyl (C=O) groups is 1. The number of carbonyl (C=O) groups excluding carboxylic acids is 1. The molecule has 0 aliphatic heterocycles. The van der Waals surface area contributed by atoms with E-state index in [1.54, 1.807) is 6.92 Å². The summed E-state index contributed by atoms with van der Waals surface area (Å²) >= 11 is 3.35. The number of rotatable bonds is 6. The molecule has 2 N–H and O–H groups in total. The average Bonchev–Trinajstić information content (AvgIpc) is 2.28. The minimum atomic E-state index is -0.301. The zero-order valence-electron chi connectivity index (χ0n) is 9.88. The third kappa shape index (κ3) is 4.73. The van der Waals surface area contributed by atoms with Gasteiger partial charge in [-0.25, -0.2) is 0 Å². The van der Waals surface area contributed by atoms with Crippen LogP contribution in [0.4, 0.5) is 0 Å². The first-order valence-corrected chi connectivity index (χ1v) is 6.81. The molecule has 1 amide bonds. The van der Waals surface area contributed by atoms with Crippen molar-refractivity contribution in [3.8, 4) is 0 Å². The summed E-state index contributed by atoms with van der Waals surface area (Å²) in [5.41, 5.74) is 0.694. The van der Waals surface area contributed by atoms with Crippen LogP contribution in [0, 0.1) is 6.92 Å². The Morgan fingerprint density at radius 2 is 2.18 bits per heavy atom. The predicted molar refractivity (Wildman–Crippen MR) is 71.8 cm³/mol. The van der Waals surface area contributed by atoms with Gasteiger partial charge in [0.05, 0.1) is 0 Å². The number of aryl methyl sites for hydroxylation is 1. The van der Waals surface area contributed by atoms with Gasteiger partial charge in [0.1, 0.15) is 5.56 Å². The number of amides is 1. The van der Waals surface area contributed by atoms with Crippen molar-refractivity contribution in [2.24, 2.45) is 0 Å². The molecule has 0 unspecified atom stereocenters. The third-order valence-corrected chi connectivity index (χ3v) is 2.96. The number of hydrogen-bond donors (Lipinski definition) is 2. The standard InChI is InChI=1S/C12H17BrN2O2/c1-9-7-11(16)10(8-15-9)12(17)14-6-4-2-3-5-13/h7-8H,2-6H2,1H3,(H,14,17)(H,15,16). The maximum atomic E-state index is 11.7. The summed E-state index contributed by atoms with van der Waals surface area (Å²) in [6.45, 7) is 2.39. The van der Waals surface area contributed by atoms with Gasteiger partial charge >= 0.3 is 0 Å². The van der Waals surface area contributed by atoms with E-state index in [9.17, 15) is 9.59 Å². The second kappa shape index (κ2) is 7.27. The van der Waals surface area contributed by atoms with Gasteiger partial charge in [-0.3, -0.25) is 9.59 Å². The Kier molecular flexibility index (Phi) is 5.97. The molecule has 0 saturated carbocycles. The van der Waals surface area contributed by atoms with Crippen molar-refractivity contribution in [1.82, 2.24) is 10.3 Å². The van der Waals surface area contributed by atoms with Crippen LogP contribution in [-0.4, -0.2) is 22.8 Å². The first-order valence-electron chi connectivity index (χ1n) is 5.68. The number of hydrogen-bond acceptors (Lipinski definition) is 2. The van der Waals surface area contributed by atoms with Crippen molar-refractivity contribution >= 4 is 21.8 Å². The molecule has 17 heavy (non-hydrogen) atoms. The van der Waals surface area contributed by atoms with Crippen LogP contribution in [0.3, 0.4) is 0 Å². The number of alkyl halides is 1. The van der Waals surface area contributed by atoms with Crippen molar-refractivity contribution < 1.29 is 4.79 Å². The van der Waals surface area contributed by atoms with Crippen molar-refractivity contribution in [2.45, 2.75) is 26.2 Å². The number of aromatic nitrogens is 1. The van der Waals surface area contributed by atoms with Crippen molar-refractivity contribution in [1.29, 1.82) is 0 Å². The first-order chi connectivity index (χ1) is 8.15. The quantitative estimate of drug-likeness (QED) is 0.623. The molecule has 0 aliphatic carbocycles. The van der Waals surface area contributed by atoms with E-state index in [4.69, 9.17) is 0 Å². The molecule has 0 radical (unpaired) electrons. The molecular weight excluding hydrogens is 284 g/mol. The molecule has 1 rings (SSSR count). The molecule has 94 valence electrons. The molecule has 5 heteroatoms. The Labute approximate surface area is 109 Å². The Hall–Kier alpha value is -1.10. The summed E-state index contributed by atoms with van der Waals surface area (Å²) < 4.78 is 0. The van der Waals surface area contributed by atoms with E-state index in [-0.39, 0.29) is 16.9 Å². The molecule has 0 atom stereocenters. The van der Waals surface area contributed by atoms with E-state index in [2.05, 4.69) is 26.2 Å². The van der Waals surface area contributed by atoms with Crippen molar-refractivity contribution in [3.05, 3.63) is 33.7 Å². The van der Waals surface area contributed by atoms with Gasteiger partial charge in [0.15, 0.2) is 5.43 Å². The Morgan fingerprint density at radius 3 is 2.82 bits per heavy atom. The summed E-state index contributed by atoms with van der Waals surface area (Å²) in [7, 11) is 0. The van der Waals surface area contributed by atoms with Crippen molar-refractivity contribution in [3.63, 3.8) is 0 Å². The number of nitrogens with one attached hydrogen (secondary N) is 2. The third-order valence-electron chi connectivity index (χ3n) is 2.40. The highest BCUT2D eigenvalue weighted by Gasteiger charge is 2.08. The average molecular weight is 301 g/mol. The number of H-pyrrole nitrogens is 1. The summed E-state index contributed by atoms with van der Waals surface area (Å²) in [5, 5.41) is 3.73. The van der Waals surface area contributed by atoms with Gasteiger partial charge in [-0.1, -0.05) is 22.4 Å². The van der Waals surface area contributed by atoms with E-state index >= 15 is 0 Å². The lowest BCUT2D eigenvalue weighted by atomic mass is 10.2. The zero-order chi connectivity index (χ0) is 12.7. The molecule has 4 nitrogen and oxygen atoms in total. The van der Waals surface area contributed by atoms with Gasteiger partial charge in [0, 0.05) is 29.8 Å². The van der Waals surface area contributed by atoms with Crippen LogP contribution in [-0.2, 0) is 0 Å². The molecule has 1 aromatic heterocycles. The number of pyridine rings is 1. The summed E-state index contributed by atoms with van der Waals surface area (Å²) in [4.78, 5) is 26.1. The lowest BCUT2D eigenvalue weighted by Crippen LogP contribution is -2.29. The van der Waals surface area contributed by atoms with Crippen LogP contribution < -0.4 is 10.7 Å². The van der Waals surface area contributed by atoms with Crippen LogP contribution in [0.25, 0.3) is 0 Å². The maximum absolute atomic E-state index is 11.7. The van der Waals surface area contributed by atoms with Gasteiger partial charge in [-0.15, -0.1) is 0 Å². The highest BCUT2D eigenvalue weighted by atomic mass is 79.9. The SMILES string of the molecule is Cc1cc(=O)c(C(=O)NCCCCCBr)c[nH]1. The molecular formula is C12H17BrN2O2. The number of halogens is 1. The summed E-state index contributed by atoms with van der Waals surface area (Å²) in [6, 6.07) is 1.43.